The van der Waals surface area contributed by atoms with Crippen molar-refractivity contribution in [2.75, 3.05) is 11.9 Å². The van der Waals surface area contributed by atoms with Crippen LogP contribution >= 0.6 is 0 Å². The highest BCUT2D eigenvalue weighted by molar-refractivity contribution is 5.48. The van der Waals surface area contributed by atoms with Crippen molar-refractivity contribution in [1.82, 2.24) is 29.7 Å². The smallest absolute Gasteiger partial charge is 0.348 e. The minimum atomic E-state index is -0.309. The third kappa shape index (κ3) is 1.93. The summed E-state index contributed by atoms with van der Waals surface area (Å²) in [6, 6.07) is 1.67. The maximum absolute atomic E-state index is 11.2. The van der Waals surface area contributed by atoms with E-state index in [9.17, 15) is 4.79 Å². The lowest BCUT2D eigenvalue weighted by Crippen LogP contribution is -2.11. The van der Waals surface area contributed by atoms with Crippen LogP contribution < -0.4 is 11.0 Å². The molecule has 9 nitrogen and oxygen atoms in total. The van der Waals surface area contributed by atoms with Crippen LogP contribution in [0.25, 0.3) is 5.65 Å². The Kier molecular flexibility index (Phi) is 2.48. The molecule has 3 aromatic rings. The maximum Gasteiger partial charge on any atom is 0.348 e. The van der Waals surface area contributed by atoms with Crippen LogP contribution in [0.15, 0.2) is 28.1 Å². The van der Waals surface area contributed by atoms with Crippen LogP contribution in [0.1, 0.15) is 5.82 Å². The summed E-state index contributed by atoms with van der Waals surface area (Å²) in [5.41, 5.74) is 0.202. The van der Waals surface area contributed by atoms with E-state index in [0.29, 0.717) is 30.3 Å². The highest BCUT2D eigenvalue weighted by atomic mass is 16.5. The van der Waals surface area contributed by atoms with Crippen molar-refractivity contribution < 1.29 is 4.52 Å². The van der Waals surface area contributed by atoms with Crippen LogP contribution in [0.3, 0.4) is 0 Å². The first-order valence-corrected chi connectivity index (χ1v) is 5.25. The van der Waals surface area contributed by atoms with Crippen molar-refractivity contribution in [2.24, 2.45) is 0 Å². The Bertz CT molecular complexity index is 699. The molecule has 9 heteroatoms. The molecule has 3 aromatic heterocycles. The van der Waals surface area contributed by atoms with Gasteiger partial charge < -0.3 is 9.84 Å². The average molecular weight is 247 g/mol. The first-order chi connectivity index (χ1) is 8.83. The lowest BCUT2D eigenvalue weighted by molar-refractivity contribution is 0.410. The molecule has 0 atom stereocenters. The number of aromatic nitrogens is 6. The van der Waals surface area contributed by atoms with Crippen LogP contribution in [0.5, 0.6) is 0 Å². The zero-order valence-electron chi connectivity index (χ0n) is 9.20. The molecule has 0 saturated carbocycles. The molecule has 0 aliphatic rings. The van der Waals surface area contributed by atoms with E-state index in [4.69, 9.17) is 0 Å². The standard InChI is InChI=1S/C9H9N7O2/c17-9-14-13-8-3-7(11-4-16(8)9)10-2-1-6-12-5-18-15-6/h3-5,10H,1-2H2,(H,14,17). The normalized spacial score (nSPS) is 10.9. The number of fused-ring (bicyclic) bond motifs is 1. The molecule has 0 saturated heterocycles. The van der Waals surface area contributed by atoms with Crippen molar-refractivity contribution in [3.8, 4) is 0 Å². The van der Waals surface area contributed by atoms with Gasteiger partial charge in [-0.3, -0.25) is 0 Å². The molecule has 3 rings (SSSR count). The second-order valence-corrected chi connectivity index (χ2v) is 3.56. The fraction of sp³-hybridized carbons (Fsp3) is 0.222. The molecule has 0 radical (unpaired) electrons. The number of hydrogen-bond acceptors (Lipinski definition) is 7. The van der Waals surface area contributed by atoms with Crippen LogP contribution in [0, 0.1) is 0 Å². The van der Waals surface area contributed by atoms with Gasteiger partial charge >= 0.3 is 5.69 Å². The number of nitrogens with zero attached hydrogens (tertiary/aromatic N) is 5. The Balaban J connectivity index is 1.69. The van der Waals surface area contributed by atoms with E-state index in [2.05, 4.69) is 35.2 Å². The van der Waals surface area contributed by atoms with Crippen molar-refractivity contribution in [2.45, 2.75) is 6.42 Å². The molecule has 3 heterocycles. The summed E-state index contributed by atoms with van der Waals surface area (Å²) in [6.45, 7) is 0.608. The molecule has 2 N–H and O–H groups in total. The van der Waals surface area contributed by atoms with E-state index in [1.54, 1.807) is 6.07 Å². The Morgan fingerprint density at radius 2 is 2.39 bits per heavy atom. The highest BCUT2D eigenvalue weighted by Crippen LogP contribution is 2.04. The van der Waals surface area contributed by atoms with Gasteiger partial charge in [0.2, 0.25) is 6.39 Å². The van der Waals surface area contributed by atoms with Gasteiger partial charge in [0.15, 0.2) is 11.5 Å². The Labute approximate surface area is 99.9 Å². The molecule has 92 valence electrons. The molecule has 0 spiro atoms. The van der Waals surface area contributed by atoms with E-state index in [1.807, 2.05) is 0 Å². The highest BCUT2D eigenvalue weighted by Gasteiger charge is 2.03. The fourth-order valence-electron chi connectivity index (χ4n) is 1.51. The summed E-state index contributed by atoms with van der Waals surface area (Å²) in [6.07, 6.45) is 3.32. The molecular weight excluding hydrogens is 238 g/mol. The Morgan fingerprint density at radius 1 is 1.44 bits per heavy atom. The minimum absolute atomic E-state index is 0.309. The van der Waals surface area contributed by atoms with Crippen molar-refractivity contribution in [1.29, 1.82) is 0 Å². The van der Waals surface area contributed by atoms with Gasteiger partial charge in [0.05, 0.1) is 0 Å². The number of nitrogens with one attached hydrogen (secondary N) is 2. The first kappa shape index (κ1) is 10.4. The zero-order chi connectivity index (χ0) is 12.4. The largest absolute Gasteiger partial charge is 0.369 e. The molecule has 0 fully saturated rings. The third-order valence-electron chi connectivity index (χ3n) is 2.37. The van der Waals surface area contributed by atoms with Gasteiger partial charge in [0.25, 0.3) is 0 Å². The quantitative estimate of drug-likeness (QED) is 0.636. The molecular formula is C9H9N7O2. The number of hydrogen-bond donors (Lipinski definition) is 2. The number of aromatic amines is 1. The van der Waals surface area contributed by atoms with Crippen molar-refractivity contribution >= 4 is 11.5 Å². The van der Waals surface area contributed by atoms with Gasteiger partial charge in [-0.05, 0) is 0 Å². The summed E-state index contributed by atoms with van der Waals surface area (Å²) >= 11 is 0. The summed E-state index contributed by atoms with van der Waals surface area (Å²) in [7, 11) is 0. The van der Waals surface area contributed by atoms with E-state index < -0.39 is 0 Å². The predicted octanol–water partition coefficient (Wildman–Crippen LogP) is -0.545. The Morgan fingerprint density at radius 3 is 3.22 bits per heavy atom. The summed E-state index contributed by atoms with van der Waals surface area (Å²) < 4.78 is 5.94. The monoisotopic (exact) mass is 247 g/mol. The third-order valence-corrected chi connectivity index (χ3v) is 2.37. The van der Waals surface area contributed by atoms with Crippen LogP contribution in [-0.4, -0.2) is 36.3 Å². The van der Waals surface area contributed by atoms with Gasteiger partial charge in [-0.2, -0.15) is 10.1 Å². The van der Waals surface area contributed by atoms with Crippen molar-refractivity contribution in [3.05, 3.63) is 35.1 Å². The molecule has 0 unspecified atom stereocenters. The first-order valence-electron chi connectivity index (χ1n) is 5.25. The maximum atomic E-state index is 11.2. The number of anilines is 1. The van der Waals surface area contributed by atoms with Crippen LogP contribution in [0.4, 0.5) is 5.82 Å². The van der Waals surface area contributed by atoms with E-state index in [-0.39, 0.29) is 5.69 Å². The molecule has 0 aliphatic carbocycles. The zero-order valence-corrected chi connectivity index (χ0v) is 9.20. The second kappa shape index (κ2) is 4.28. The topological polar surface area (TPSA) is 114 Å². The van der Waals surface area contributed by atoms with Gasteiger partial charge in [-0.1, -0.05) is 5.16 Å². The molecule has 18 heavy (non-hydrogen) atoms. The minimum Gasteiger partial charge on any atom is -0.369 e. The lowest BCUT2D eigenvalue weighted by Gasteiger charge is -2.02. The molecule has 0 aliphatic heterocycles. The number of H-pyrrole nitrogens is 1. The van der Waals surface area contributed by atoms with E-state index in [0.717, 1.165) is 0 Å². The van der Waals surface area contributed by atoms with E-state index in [1.165, 1.54) is 17.1 Å². The van der Waals surface area contributed by atoms with Gasteiger partial charge in [-0.25, -0.2) is 19.3 Å². The molecule has 0 bridgehead atoms. The SMILES string of the molecule is O=c1[nH]nc2cc(NCCc3ncon3)ncn12. The second-order valence-electron chi connectivity index (χ2n) is 3.56. The van der Waals surface area contributed by atoms with Crippen LogP contribution in [0.2, 0.25) is 0 Å². The summed E-state index contributed by atoms with van der Waals surface area (Å²) in [4.78, 5) is 19.2. The molecule has 0 aromatic carbocycles. The lowest BCUT2D eigenvalue weighted by atomic mass is 10.4. The van der Waals surface area contributed by atoms with E-state index >= 15 is 0 Å². The average Bonchev–Trinajstić information content (AvgIpc) is 3.00. The Hall–Kier alpha value is -2.71. The van der Waals surface area contributed by atoms with Gasteiger partial charge in [-0.15, -0.1) is 0 Å². The molecule has 0 amide bonds. The summed E-state index contributed by atoms with van der Waals surface area (Å²) in [5, 5.41) is 13.0. The van der Waals surface area contributed by atoms with Gasteiger partial charge in [0.1, 0.15) is 12.1 Å². The predicted molar refractivity (Wildman–Crippen MR) is 60.1 cm³/mol. The van der Waals surface area contributed by atoms with Crippen LogP contribution in [-0.2, 0) is 6.42 Å². The fourth-order valence-corrected chi connectivity index (χ4v) is 1.51. The van der Waals surface area contributed by atoms with Crippen molar-refractivity contribution in [3.63, 3.8) is 0 Å². The van der Waals surface area contributed by atoms with Gasteiger partial charge in [0, 0.05) is 19.0 Å². The number of rotatable bonds is 4. The summed E-state index contributed by atoms with van der Waals surface area (Å²) in [5.74, 6) is 1.25.